The van der Waals surface area contributed by atoms with Crippen LogP contribution in [0.25, 0.3) is 0 Å². The van der Waals surface area contributed by atoms with Crippen molar-refractivity contribution in [1.82, 2.24) is 10.6 Å². The molecule has 0 aromatic carbocycles. The average Bonchev–Trinajstić information content (AvgIpc) is 2.28. The lowest BCUT2D eigenvalue weighted by atomic mass is 9.85. The monoisotopic (exact) mass is 270 g/mol. The lowest BCUT2D eigenvalue weighted by Crippen LogP contribution is -2.61. The molecule has 0 saturated heterocycles. The zero-order valence-corrected chi connectivity index (χ0v) is 13.0. The van der Waals surface area contributed by atoms with Crippen LogP contribution in [-0.2, 0) is 4.79 Å². The average molecular weight is 270 g/mol. The predicted molar refractivity (Wildman–Crippen MR) is 78.0 cm³/mol. The molecule has 0 spiro atoms. The quantitative estimate of drug-likeness (QED) is 0.715. The summed E-state index contributed by atoms with van der Waals surface area (Å²) in [4.78, 5) is 12.2. The summed E-state index contributed by atoms with van der Waals surface area (Å²) in [6.07, 6.45) is 5.89. The zero-order valence-electron chi connectivity index (χ0n) is 13.0. The Morgan fingerprint density at radius 3 is 2.16 bits per heavy atom. The molecule has 1 saturated carbocycles. The van der Waals surface area contributed by atoms with Crippen molar-refractivity contribution in [2.75, 3.05) is 0 Å². The van der Waals surface area contributed by atoms with Crippen LogP contribution in [0.15, 0.2) is 0 Å². The predicted octanol–water partition coefficient (Wildman–Crippen LogP) is 1.96. The minimum Gasteiger partial charge on any atom is -0.389 e. The van der Waals surface area contributed by atoms with Gasteiger partial charge in [0, 0.05) is 11.6 Å². The van der Waals surface area contributed by atoms with E-state index in [1.54, 1.807) is 13.8 Å². The number of amides is 1. The highest BCUT2D eigenvalue weighted by atomic mass is 16.3. The Hall–Kier alpha value is -0.610. The molecule has 1 unspecified atom stereocenters. The minimum atomic E-state index is -0.883. The fraction of sp³-hybridized carbons (Fsp3) is 0.933. The summed E-state index contributed by atoms with van der Waals surface area (Å²) in [5.74, 6) is 0.0317. The molecule has 1 rings (SSSR count). The van der Waals surface area contributed by atoms with Gasteiger partial charge < -0.3 is 10.4 Å². The van der Waals surface area contributed by atoms with Crippen LogP contribution in [-0.4, -0.2) is 34.2 Å². The van der Waals surface area contributed by atoms with Crippen LogP contribution in [0.5, 0.6) is 0 Å². The maximum absolute atomic E-state index is 12.2. The summed E-state index contributed by atoms with van der Waals surface area (Å²) in [5.41, 5.74) is -1.40. The van der Waals surface area contributed by atoms with E-state index in [4.69, 9.17) is 0 Å². The topological polar surface area (TPSA) is 61.4 Å². The van der Waals surface area contributed by atoms with E-state index in [0.29, 0.717) is 6.04 Å². The maximum atomic E-state index is 12.2. The smallest absolute Gasteiger partial charge is 0.237 e. The fourth-order valence-electron chi connectivity index (χ4n) is 2.36. The Balaban J connectivity index is 2.48. The Morgan fingerprint density at radius 1 is 1.16 bits per heavy atom. The van der Waals surface area contributed by atoms with Crippen LogP contribution in [0.2, 0.25) is 0 Å². The number of carbonyl (C=O) groups is 1. The molecule has 19 heavy (non-hydrogen) atoms. The molecule has 0 aromatic heterocycles. The molecule has 1 aliphatic carbocycles. The van der Waals surface area contributed by atoms with Crippen molar-refractivity contribution >= 4 is 5.91 Å². The van der Waals surface area contributed by atoms with Gasteiger partial charge in [-0.15, -0.1) is 0 Å². The highest BCUT2D eigenvalue weighted by Gasteiger charge is 2.37. The van der Waals surface area contributed by atoms with Gasteiger partial charge in [-0.2, -0.15) is 0 Å². The fourth-order valence-corrected chi connectivity index (χ4v) is 2.36. The van der Waals surface area contributed by atoms with Crippen LogP contribution >= 0.6 is 0 Å². The van der Waals surface area contributed by atoms with Gasteiger partial charge in [-0.1, -0.05) is 19.3 Å². The molecule has 112 valence electrons. The first-order chi connectivity index (χ1) is 8.63. The van der Waals surface area contributed by atoms with Crippen LogP contribution in [0.1, 0.15) is 66.7 Å². The van der Waals surface area contributed by atoms with Crippen molar-refractivity contribution < 1.29 is 9.90 Å². The number of carbonyl (C=O) groups excluding carboxylic acids is 1. The molecule has 0 aromatic rings. The Labute approximate surface area is 117 Å². The summed E-state index contributed by atoms with van der Waals surface area (Å²) in [6, 6.07) is 0.0269. The van der Waals surface area contributed by atoms with Gasteiger partial charge in [0.1, 0.15) is 0 Å². The third kappa shape index (κ3) is 4.77. The zero-order chi connectivity index (χ0) is 14.7. The van der Waals surface area contributed by atoms with Crippen LogP contribution in [0, 0.1) is 0 Å². The Bertz CT molecular complexity index is 302. The largest absolute Gasteiger partial charge is 0.389 e. The standard InChI is InChI=1S/C15H30N2O2/c1-11(17-14(2,3)15(4,5)19)13(18)16-12-9-7-6-8-10-12/h11-12,17,19H,6-10H2,1-5H3,(H,16,18). The van der Waals surface area contributed by atoms with Gasteiger partial charge in [0.15, 0.2) is 0 Å². The van der Waals surface area contributed by atoms with Crippen molar-refractivity contribution in [2.24, 2.45) is 0 Å². The van der Waals surface area contributed by atoms with Gasteiger partial charge in [0.25, 0.3) is 0 Å². The molecule has 3 N–H and O–H groups in total. The van der Waals surface area contributed by atoms with Crippen LogP contribution in [0.3, 0.4) is 0 Å². The number of rotatable bonds is 5. The second kappa shape index (κ2) is 6.23. The molecule has 4 heteroatoms. The van der Waals surface area contributed by atoms with Gasteiger partial charge in [0.2, 0.25) is 5.91 Å². The van der Waals surface area contributed by atoms with E-state index in [9.17, 15) is 9.90 Å². The van der Waals surface area contributed by atoms with E-state index >= 15 is 0 Å². The van der Waals surface area contributed by atoms with Gasteiger partial charge in [-0.05, 0) is 47.5 Å². The number of aliphatic hydroxyl groups is 1. The van der Waals surface area contributed by atoms with E-state index in [2.05, 4.69) is 10.6 Å². The molecule has 1 aliphatic rings. The van der Waals surface area contributed by atoms with Crippen molar-refractivity contribution in [3.8, 4) is 0 Å². The summed E-state index contributed by atoms with van der Waals surface area (Å²) in [5, 5.41) is 16.4. The van der Waals surface area contributed by atoms with Gasteiger partial charge in [0.05, 0.1) is 11.6 Å². The molecule has 1 atom stereocenters. The Morgan fingerprint density at radius 2 is 1.68 bits per heavy atom. The highest BCUT2D eigenvalue weighted by Crippen LogP contribution is 2.21. The van der Waals surface area contributed by atoms with Crippen molar-refractivity contribution in [1.29, 1.82) is 0 Å². The third-order valence-electron chi connectivity index (χ3n) is 4.45. The molecular formula is C15H30N2O2. The van der Waals surface area contributed by atoms with E-state index < -0.39 is 11.1 Å². The van der Waals surface area contributed by atoms with E-state index in [1.807, 2.05) is 20.8 Å². The minimum absolute atomic E-state index is 0.0317. The molecule has 4 nitrogen and oxygen atoms in total. The Kier molecular flexibility index (Phi) is 5.39. The van der Waals surface area contributed by atoms with E-state index in [0.717, 1.165) is 12.8 Å². The first-order valence-electron chi connectivity index (χ1n) is 7.44. The summed E-state index contributed by atoms with van der Waals surface area (Å²) in [6.45, 7) is 9.19. The molecule has 0 radical (unpaired) electrons. The van der Waals surface area contributed by atoms with E-state index in [-0.39, 0.29) is 11.9 Å². The lowest BCUT2D eigenvalue weighted by Gasteiger charge is -2.40. The number of hydrogen-bond donors (Lipinski definition) is 3. The summed E-state index contributed by atoms with van der Waals surface area (Å²) in [7, 11) is 0. The molecule has 1 fully saturated rings. The lowest BCUT2D eigenvalue weighted by molar-refractivity contribution is -0.125. The van der Waals surface area contributed by atoms with Gasteiger partial charge >= 0.3 is 0 Å². The third-order valence-corrected chi connectivity index (χ3v) is 4.45. The summed E-state index contributed by atoms with van der Waals surface area (Å²) >= 11 is 0. The molecule has 0 bridgehead atoms. The van der Waals surface area contributed by atoms with Crippen LogP contribution in [0.4, 0.5) is 0 Å². The first-order valence-corrected chi connectivity index (χ1v) is 7.44. The SMILES string of the molecule is CC(NC(C)(C)C(C)(C)O)C(=O)NC1CCCCC1. The van der Waals surface area contributed by atoms with Crippen molar-refractivity contribution in [3.05, 3.63) is 0 Å². The first kappa shape index (κ1) is 16.4. The molecule has 0 heterocycles. The highest BCUT2D eigenvalue weighted by molar-refractivity contribution is 5.81. The number of nitrogens with one attached hydrogen (secondary N) is 2. The maximum Gasteiger partial charge on any atom is 0.237 e. The van der Waals surface area contributed by atoms with E-state index in [1.165, 1.54) is 19.3 Å². The molecular weight excluding hydrogens is 240 g/mol. The van der Waals surface area contributed by atoms with Crippen LogP contribution < -0.4 is 10.6 Å². The van der Waals surface area contributed by atoms with Crippen molar-refractivity contribution in [2.45, 2.75) is 89.9 Å². The van der Waals surface area contributed by atoms with Gasteiger partial charge in [-0.25, -0.2) is 0 Å². The second-order valence-corrected chi connectivity index (χ2v) is 6.89. The number of hydrogen-bond acceptors (Lipinski definition) is 3. The van der Waals surface area contributed by atoms with Crippen molar-refractivity contribution in [3.63, 3.8) is 0 Å². The normalized spacial score (nSPS) is 20.1. The summed E-state index contributed by atoms with van der Waals surface area (Å²) < 4.78 is 0. The second-order valence-electron chi connectivity index (χ2n) is 6.89. The molecule has 0 aliphatic heterocycles. The van der Waals surface area contributed by atoms with Gasteiger partial charge in [-0.3, -0.25) is 10.1 Å². The molecule has 1 amide bonds.